The average Bonchev–Trinajstić information content (AvgIpc) is 2.89. The van der Waals surface area contributed by atoms with E-state index >= 15 is 0 Å². The van der Waals surface area contributed by atoms with E-state index in [4.69, 9.17) is 0 Å². The van der Waals surface area contributed by atoms with Gasteiger partial charge in [-0.15, -0.1) is 10.2 Å². The van der Waals surface area contributed by atoms with Gasteiger partial charge in [-0.25, -0.2) is 0 Å². The Hall–Kier alpha value is -1.68. The highest BCUT2D eigenvalue weighted by Gasteiger charge is 2.14. The molecule has 2 rings (SSSR count). The number of hydrogen-bond acceptors (Lipinski definition) is 9. The van der Waals surface area contributed by atoms with Crippen LogP contribution in [0.5, 0.6) is 0 Å². The summed E-state index contributed by atoms with van der Waals surface area (Å²) in [7, 11) is 0. The molecule has 10 heteroatoms. The van der Waals surface area contributed by atoms with Gasteiger partial charge in [-0.05, 0) is 12.1 Å². The van der Waals surface area contributed by atoms with Crippen LogP contribution in [-0.4, -0.2) is 37.4 Å². The topological polar surface area (TPSA) is 106 Å². The van der Waals surface area contributed by atoms with Crippen LogP contribution in [0.3, 0.4) is 0 Å². The van der Waals surface area contributed by atoms with Crippen LogP contribution in [0.4, 0.5) is 10.3 Å². The Morgan fingerprint density at radius 1 is 1.31 bits per heavy atom. The van der Waals surface area contributed by atoms with Gasteiger partial charge in [-0.1, -0.05) is 20.9 Å². The van der Waals surface area contributed by atoms with Crippen LogP contribution in [0.1, 0.15) is 16.7 Å². The Balaban J connectivity index is 2.03. The first-order chi connectivity index (χ1) is 7.79. The largest absolute Gasteiger partial charge is 0.360 e. The monoisotopic (exact) mass is 257 g/mol. The van der Waals surface area contributed by atoms with Crippen LogP contribution in [0.2, 0.25) is 0 Å². The summed E-state index contributed by atoms with van der Waals surface area (Å²) in [5.41, 5.74) is 0. The smallest absolute Gasteiger partial charge is 0.288 e. The highest BCUT2D eigenvalue weighted by atomic mass is 32.1. The van der Waals surface area contributed by atoms with Gasteiger partial charge in [0.1, 0.15) is 0 Å². The molecule has 8 nitrogen and oxygen atoms in total. The van der Waals surface area contributed by atoms with Crippen molar-refractivity contribution in [2.75, 3.05) is 17.2 Å². The third-order valence-electron chi connectivity index (χ3n) is 1.47. The maximum atomic E-state index is 11.6. The molecule has 0 saturated carbocycles. The summed E-state index contributed by atoms with van der Waals surface area (Å²) >= 11 is 2.18. The number of nitrogens with zero attached hydrogens (tertiary/aromatic N) is 5. The summed E-state index contributed by atoms with van der Waals surface area (Å²) in [6.07, 6.45) is 0. The van der Waals surface area contributed by atoms with E-state index in [1.807, 2.05) is 6.92 Å². The molecule has 0 aromatic carbocycles. The number of carbonyl (C=O) groups is 1. The molecule has 2 N–H and O–H groups in total. The first-order valence-electron chi connectivity index (χ1n) is 4.33. The van der Waals surface area contributed by atoms with Crippen molar-refractivity contribution < 1.29 is 4.79 Å². The lowest BCUT2D eigenvalue weighted by molar-refractivity contribution is 0.102. The van der Waals surface area contributed by atoms with E-state index < -0.39 is 0 Å². The minimum Gasteiger partial charge on any atom is -0.360 e. The molecule has 0 aliphatic carbocycles. The van der Waals surface area contributed by atoms with Gasteiger partial charge >= 0.3 is 0 Å². The van der Waals surface area contributed by atoms with Crippen molar-refractivity contribution in [2.45, 2.75) is 6.92 Å². The van der Waals surface area contributed by atoms with E-state index in [1.165, 1.54) is 11.3 Å². The summed E-state index contributed by atoms with van der Waals surface area (Å²) < 4.78 is 3.52. The molecule has 0 bridgehead atoms. The second kappa shape index (κ2) is 4.90. The van der Waals surface area contributed by atoms with Crippen molar-refractivity contribution in [1.29, 1.82) is 0 Å². The van der Waals surface area contributed by atoms with Crippen molar-refractivity contribution in [3.63, 3.8) is 0 Å². The minimum absolute atomic E-state index is 0.270. The maximum absolute atomic E-state index is 11.6. The fraction of sp³-hybridized carbons (Fsp3) is 0.333. The van der Waals surface area contributed by atoms with Crippen molar-refractivity contribution in [2.24, 2.45) is 0 Å². The van der Waals surface area contributed by atoms with Gasteiger partial charge in [0, 0.05) is 18.1 Å². The molecule has 2 aromatic heterocycles. The molecule has 1 amide bonds. The Bertz CT molecular complexity index is 467. The molecule has 84 valence electrons. The fourth-order valence-corrected chi connectivity index (χ4v) is 1.94. The Morgan fingerprint density at radius 2 is 2.19 bits per heavy atom. The van der Waals surface area contributed by atoms with E-state index in [0.717, 1.165) is 18.1 Å². The van der Waals surface area contributed by atoms with Gasteiger partial charge < -0.3 is 5.32 Å². The lowest BCUT2D eigenvalue weighted by Gasteiger charge is -1.94. The summed E-state index contributed by atoms with van der Waals surface area (Å²) in [4.78, 5) is 11.6. The summed E-state index contributed by atoms with van der Waals surface area (Å²) in [6, 6.07) is 0. The third kappa shape index (κ3) is 2.46. The molecule has 2 heterocycles. The molecule has 0 radical (unpaired) electrons. The van der Waals surface area contributed by atoms with Gasteiger partial charge in [0.05, 0.1) is 0 Å². The molecule has 0 spiro atoms. The lowest BCUT2D eigenvalue weighted by Crippen LogP contribution is -2.11. The van der Waals surface area contributed by atoms with Crippen LogP contribution in [0, 0.1) is 0 Å². The van der Waals surface area contributed by atoms with E-state index in [1.54, 1.807) is 0 Å². The standard InChI is InChI=1S/C6H7N7OS2/c1-2-7-5-10-9-4(15-5)3(14)8-6-11-12-13-16-6/h2H2,1H3,(H,7,10)(H,8,11,13,14). The molecular weight excluding hydrogens is 250 g/mol. The van der Waals surface area contributed by atoms with Crippen LogP contribution in [0.15, 0.2) is 0 Å². The number of anilines is 2. The molecule has 0 fully saturated rings. The molecule has 0 saturated heterocycles. The first-order valence-corrected chi connectivity index (χ1v) is 5.92. The second-order valence-corrected chi connectivity index (χ2v) is 4.27. The van der Waals surface area contributed by atoms with Crippen molar-refractivity contribution >= 4 is 39.0 Å². The Morgan fingerprint density at radius 3 is 2.88 bits per heavy atom. The highest BCUT2D eigenvalue weighted by molar-refractivity contribution is 7.17. The van der Waals surface area contributed by atoms with E-state index in [0.29, 0.717) is 10.3 Å². The molecule has 16 heavy (non-hydrogen) atoms. The summed E-state index contributed by atoms with van der Waals surface area (Å²) in [6.45, 7) is 2.67. The average molecular weight is 257 g/mol. The third-order valence-corrected chi connectivity index (χ3v) is 2.86. The van der Waals surface area contributed by atoms with Crippen molar-refractivity contribution in [3.8, 4) is 0 Å². The molecule has 2 aromatic rings. The number of hydrogen-bond donors (Lipinski definition) is 2. The van der Waals surface area contributed by atoms with Crippen molar-refractivity contribution in [3.05, 3.63) is 5.01 Å². The first kappa shape index (κ1) is 10.8. The number of nitrogens with one attached hydrogen (secondary N) is 2. The Labute approximate surface area is 98.3 Å². The van der Waals surface area contributed by atoms with Crippen LogP contribution in [-0.2, 0) is 0 Å². The quantitative estimate of drug-likeness (QED) is 0.820. The molecule has 0 atom stereocenters. The van der Waals surface area contributed by atoms with Crippen molar-refractivity contribution in [1.82, 2.24) is 25.0 Å². The fourth-order valence-electron chi connectivity index (χ4n) is 0.870. The molecule has 0 unspecified atom stereocenters. The predicted octanol–water partition coefficient (Wildman–Crippen LogP) is 0.469. The summed E-state index contributed by atoms with van der Waals surface area (Å²) in [5, 5.41) is 21.2. The van der Waals surface area contributed by atoms with Gasteiger partial charge in [-0.2, -0.15) is 0 Å². The number of rotatable bonds is 4. The highest BCUT2D eigenvalue weighted by Crippen LogP contribution is 2.16. The van der Waals surface area contributed by atoms with Crippen LogP contribution < -0.4 is 10.6 Å². The summed E-state index contributed by atoms with van der Waals surface area (Å²) in [5.74, 6) is -0.361. The number of aromatic nitrogens is 5. The van der Waals surface area contributed by atoms with Gasteiger partial charge in [0.2, 0.25) is 15.3 Å². The maximum Gasteiger partial charge on any atom is 0.288 e. The minimum atomic E-state index is -0.361. The second-order valence-electron chi connectivity index (χ2n) is 2.56. The number of amides is 1. The van der Waals surface area contributed by atoms with Gasteiger partial charge in [0.25, 0.3) is 5.91 Å². The zero-order valence-corrected chi connectivity index (χ0v) is 9.80. The zero-order chi connectivity index (χ0) is 11.4. The number of carbonyl (C=O) groups excluding carboxylic acids is 1. The SMILES string of the molecule is CCNc1nnc(C(=O)Nc2nnns2)s1. The van der Waals surface area contributed by atoms with Crippen LogP contribution in [0.25, 0.3) is 0 Å². The lowest BCUT2D eigenvalue weighted by atomic mass is 10.6. The van der Waals surface area contributed by atoms with Crippen LogP contribution >= 0.6 is 22.9 Å². The molecule has 0 aliphatic heterocycles. The zero-order valence-electron chi connectivity index (χ0n) is 8.17. The normalized spacial score (nSPS) is 10.1. The van der Waals surface area contributed by atoms with E-state index in [2.05, 4.69) is 35.6 Å². The molecule has 0 aliphatic rings. The predicted molar refractivity (Wildman–Crippen MR) is 59.7 cm³/mol. The van der Waals surface area contributed by atoms with Gasteiger partial charge in [-0.3, -0.25) is 10.1 Å². The van der Waals surface area contributed by atoms with E-state index in [-0.39, 0.29) is 10.9 Å². The van der Waals surface area contributed by atoms with E-state index in [9.17, 15) is 4.79 Å². The molecular formula is C6H7N7OS2. The Kier molecular flexibility index (Phi) is 3.31. The van der Waals surface area contributed by atoms with Gasteiger partial charge in [0.15, 0.2) is 0 Å².